The van der Waals surface area contributed by atoms with Crippen molar-refractivity contribution in [3.8, 4) is 0 Å². The van der Waals surface area contributed by atoms with E-state index in [1.165, 1.54) is 0 Å². The third-order valence-electron chi connectivity index (χ3n) is 3.89. The van der Waals surface area contributed by atoms with Crippen molar-refractivity contribution >= 4 is 5.91 Å². The zero-order chi connectivity index (χ0) is 14.5. The lowest BCUT2D eigenvalue weighted by Gasteiger charge is -2.34. The molecule has 2 rings (SSSR count). The van der Waals surface area contributed by atoms with Crippen LogP contribution in [0.1, 0.15) is 18.7 Å². The van der Waals surface area contributed by atoms with E-state index in [-0.39, 0.29) is 12.5 Å². The van der Waals surface area contributed by atoms with Gasteiger partial charge in [0.1, 0.15) is 11.9 Å². The molecule has 0 aromatic carbocycles. The highest BCUT2D eigenvalue weighted by atomic mass is 16.5. The maximum atomic E-state index is 12.2. The van der Waals surface area contributed by atoms with Crippen LogP contribution < -0.4 is 5.73 Å². The number of ether oxygens (including phenoxy) is 1. The van der Waals surface area contributed by atoms with Crippen LogP contribution in [-0.2, 0) is 23.0 Å². The Labute approximate surface area is 119 Å². The van der Waals surface area contributed by atoms with Crippen LogP contribution in [0.3, 0.4) is 0 Å². The topological polar surface area (TPSA) is 73.4 Å². The summed E-state index contributed by atoms with van der Waals surface area (Å²) in [5.74, 6) is 1.53. The van der Waals surface area contributed by atoms with Gasteiger partial charge in [0.15, 0.2) is 0 Å². The molecule has 1 amide bonds. The van der Waals surface area contributed by atoms with E-state index < -0.39 is 6.04 Å². The molecular weight excluding hydrogens is 256 g/mol. The number of carbonyl (C=O) groups is 1. The summed E-state index contributed by atoms with van der Waals surface area (Å²) in [6, 6.07) is -0.549. The van der Waals surface area contributed by atoms with Gasteiger partial charge in [-0.1, -0.05) is 0 Å². The van der Waals surface area contributed by atoms with Gasteiger partial charge in [-0.05, 0) is 18.8 Å². The molecule has 0 spiro atoms. The highest BCUT2D eigenvalue weighted by molar-refractivity contribution is 5.81. The number of aromatic nitrogens is 2. The van der Waals surface area contributed by atoms with Crippen LogP contribution in [0.25, 0.3) is 0 Å². The molecule has 0 radical (unpaired) electrons. The molecule has 1 aliphatic rings. The van der Waals surface area contributed by atoms with Gasteiger partial charge in [0.25, 0.3) is 0 Å². The number of hydrogen-bond donors (Lipinski definition) is 1. The van der Waals surface area contributed by atoms with Crippen LogP contribution in [0, 0.1) is 5.92 Å². The minimum atomic E-state index is -0.549. The summed E-state index contributed by atoms with van der Waals surface area (Å²) in [7, 11) is 3.57. The Morgan fingerprint density at radius 3 is 3.10 bits per heavy atom. The van der Waals surface area contributed by atoms with Gasteiger partial charge in [-0.15, -0.1) is 0 Å². The first-order valence-corrected chi connectivity index (χ1v) is 7.11. The Balaban J connectivity index is 1.91. The number of rotatable bonds is 5. The third-order valence-corrected chi connectivity index (χ3v) is 3.89. The molecule has 1 fully saturated rings. The van der Waals surface area contributed by atoms with E-state index in [1.54, 1.807) is 7.11 Å². The summed E-state index contributed by atoms with van der Waals surface area (Å²) in [4.78, 5) is 18.4. The molecule has 1 aromatic rings. The average Bonchev–Trinajstić information content (AvgIpc) is 2.84. The van der Waals surface area contributed by atoms with Crippen molar-refractivity contribution in [2.45, 2.75) is 25.3 Å². The van der Waals surface area contributed by atoms with Crippen LogP contribution in [0.4, 0.5) is 0 Å². The highest BCUT2D eigenvalue weighted by Gasteiger charge is 2.27. The molecule has 1 aromatic heterocycles. The lowest BCUT2D eigenvalue weighted by molar-refractivity contribution is -0.135. The van der Waals surface area contributed by atoms with E-state index in [0.717, 1.165) is 38.2 Å². The summed E-state index contributed by atoms with van der Waals surface area (Å²) >= 11 is 0. The monoisotopic (exact) mass is 280 g/mol. The maximum Gasteiger partial charge on any atom is 0.241 e. The molecule has 6 nitrogen and oxygen atoms in total. The standard InChI is InChI=1S/C14H24N4O2/c1-17-7-5-16-13(17)8-11-4-3-6-18(9-11)14(19)12(15)10-20-2/h5,7,11-12H,3-4,6,8-10,15H2,1-2H3. The van der Waals surface area contributed by atoms with E-state index in [1.807, 2.05) is 28.9 Å². The molecular formula is C14H24N4O2. The van der Waals surface area contributed by atoms with Gasteiger partial charge < -0.3 is 19.9 Å². The molecule has 2 unspecified atom stereocenters. The van der Waals surface area contributed by atoms with E-state index in [2.05, 4.69) is 4.98 Å². The molecule has 6 heteroatoms. The highest BCUT2D eigenvalue weighted by Crippen LogP contribution is 2.20. The van der Waals surface area contributed by atoms with Crippen molar-refractivity contribution in [2.24, 2.45) is 18.7 Å². The fraction of sp³-hybridized carbons (Fsp3) is 0.714. The summed E-state index contributed by atoms with van der Waals surface area (Å²) < 4.78 is 7.00. The molecule has 0 bridgehead atoms. The average molecular weight is 280 g/mol. The van der Waals surface area contributed by atoms with E-state index in [4.69, 9.17) is 10.5 Å². The van der Waals surface area contributed by atoms with Gasteiger partial charge in [0.2, 0.25) is 5.91 Å². The number of hydrogen-bond acceptors (Lipinski definition) is 4. The van der Waals surface area contributed by atoms with Gasteiger partial charge in [0, 0.05) is 46.1 Å². The van der Waals surface area contributed by atoms with Crippen LogP contribution in [0.2, 0.25) is 0 Å². The van der Waals surface area contributed by atoms with Crippen molar-refractivity contribution in [3.05, 3.63) is 18.2 Å². The number of methoxy groups -OCH3 is 1. The molecule has 0 saturated carbocycles. The molecule has 112 valence electrons. The zero-order valence-corrected chi connectivity index (χ0v) is 12.3. The first-order valence-electron chi connectivity index (χ1n) is 7.11. The lowest BCUT2D eigenvalue weighted by Crippen LogP contribution is -2.50. The van der Waals surface area contributed by atoms with Gasteiger partial charge in [-0.2, -0.15) is 0 Å². The molecule has 1 saturated heterocycles. The Hall–Kier alpha value is -1.40. The number of nitrogens with zero attached hydrogens (tertiary/aromatic N) is 3. The Bertz CT molecular complexity index is 446. The number of carbonyl (C=O) groups excluding carboxylic acids is 1. The zero-order valence-electron chi connectivity index (χ0n) is 12.3. The van der Waals surface area contributed by atoms with Crippen LogP contribution in [0.15, 0.2) is 12.4 Å². The quantitative estimate of drug-likeness (QED) is 0.835. The smallest absolute Gasteiger partial charge is 0.241 e. The SMILES string of the molecule is COCC(N)C(=O)N1CCCC(Cc2nccn2C)C1. The number of nitrogens with two attached hydrogens (primary N) is 1. The number of piperidine rings is 1. The molecule has 2 atom stereocenters. The summed E-state index contributed by atoms with van der Waals surface area (Å²) in [6.45, 7) is 1.84. The predicted molar refractivity (Wildman–Crippen MR) is 76.1 cm³/mol. The van der Waals surface area contributed by atoms with Crippen molar-refractivity contribution in [1.29, 1.82) is 0 Å². The second-order valence-corrected chi connectivity index (χ2v) is 5.51. The molecule has 2 heterocycles. The Morgan fingerprint density at radius 2 is 2.45 bits per heavy atom. The number of imidazole rings is 1. The number of amides is 1. The van der Waals surface area contributed by atoms with Crippen molar-refractivity contribution in [3.63, 3.8) is 0 Å². The Kier molecular flexibility index (Phi) is 5.14. The van der Waals surface area contributed by atoms with E-state index in [0.29, 0.717) is 5.92 Å². The lowest BCUT2D eigenvalue weighted by atomic mass is 9.94. The summed E-state index contributed by atoms with van der Waals surface area (Å²) in [6.07, 6.45) is 6.84. The first-order chi connectivity index (χ1) is 9.61. The maximum absolute atomic E-state index is 12.2. The van der Waals surface area contributed by atoms with Gasteiger partial charge in [0.05, 0.1) is 6.61 Å². The largest absolute Gasteiger partial charge is 0.383 e. The van der Waals surface area contributed by atoms with Crippen molar-refractivity contribution in [1.82, 2.24) is 14.5 Å². The van der Waals surface area contributed by atoms with Crippen LogP contribution in [-0.4, -0.2) is 53.2 Å². The molecule has 1 aliphatic heterocycles. The van der Waals surface area contributed by atoms with Crippen molar-refractivity contribution in [2.75, 3.05) is 26.8 Å². The van der Waals surface area contributed by atoms with Crippen LogP contribution >= 0.6 is 0 Å². The first kappa shape index (κ1) is 15.0. The fourth-order valence-electron chi connectivity index (χ4n) is 2.77. The fourth-order valence-corrected chi connectivity index (χ4v) is 2.77. The number of aryl methyl sites for hydroxylation is 1. The predicted octanol–water partition coefficient (Wildman–Crippen LogP) is 0.175. The van der Waals surface area contributed by atoms with Gasteiger partial charge in [-0.3, -0.25) is 4.79 Å². The Morgan fingerprint density at radius 1 is 1.65 bits per heavy atom. The molecule has 20 heavy (non-hydrogen) atoms. The van der Waals surface area contributed by atoms with Crippen molar-refractivity contribution < 1.29 is 9.53 Å². The van der Waals surface area contributed by atoms with E-state index in [9.17, 15) is 4.79 Å². The van der Waals surface area contributed by atoms with Gasteiger partial charge in [-0.25, -0.2) is 4.98 Å². The number of likely N-dealkylation sites (tertiary alicyclic amines) is 1. The normalized spacial score (nSPS) is 20.9. The van der Waals surface area contributed by atoms with Gasteiger partial charge >= 0.3 is 0 Å². The summed E-state index contributed by atoms with van der Waals surface area (Å²) in [5.41, 5.74) is 5.83. The van der Waals surface area contributed by atoms with Crippen LogP contribution in [0.5, 0.6) is 0 Å². The minimum Gasteiger partial charge on any atom is -0.383 e. The second-order valence-electron chi connectivity index (χ2n) is 5.51. The summed E-state index contributed by atoms with van der Waals surface area (Å²) in [5, 5.41) is 0. The second kappa shape index (κ2) is 6.85. The minimum absolute atomic E-state index is 0.00334. The van der Waals surface area contributed by atoms with E-state index >= 15 is 0 Å². The molecule has 2 N–H and O–H groups in total. The molecule has 0 aliphatic carbocycles. The third kappa shape index (κ3) is 3.58.